The zero-order valence-electron chi connectivity index (χ0n) is 14.6. The van der Waals surface area contributed by atoms with Crippen molar-refractivity contribution < 1.29 is 13.9 Å². The second-order valence-corrected chi connectivity index (χ2v) is 7.93. The highest BCUT2D eigenvalue weighted by Gasteiger charge is 2.23. The smallest absolute Gasteiger partial charge is 0.419 e. The van der Waals surface area contributed by atoms with Crippen molar-refractivity contribution in [3.63, 3.8) is 0 Å². The van der Waals surface area contributed by atoms with Crippen molar-refractivity contribution >= 4 is 32.9 Å². The Morgan fingerprint density at radius 1 is 1.12 bits per heavy atom. The molecular formula is C20H19BrFNO2. The summed E-state index contributed by atoms with van der Waals surface area (Å²) in [5, 5.41) is 0.900. The Balaban J connectivity index is 2.24. The van der Waals surface area contributed by atoms with Crippen molar-refractivity contribution in [3.8, 4) is 11.3 Å². The summed E-state index contributed by atoms with van der Waals surface area (Å²) in [7, 11) is 0. The molecule has 3 rings (SSSR count). The van der Waals surface area contributed by atoms with Gasteiger partial charge in [0.2, 0.25) is 0 Å². The summed E-state index contributed by atoms with van der Waals surface area (Å²) < 4.78 is 21.7. The zero-order chi connectivity index (χ0) is 18.4. The van der Waals surface area contributed by atoms with E-state index in [0.717, 1.165) is 20.9 Å². The molecule has 0 fully saturated rings. The van der Waals surface area contributed by atoms with Crippen LogP contribution in [0.4, 0.5) is 9.18 Å². The molecule has 0 aliphatic heterocycles. The molecule has 0 atom stereocenters. The monoisotopic (exact) mass is 403 g/mol. The highest BCUT2D eigenvalue weighted by Crippen LogP contribution is 2.31. The van der Waals surface area contributed by atoms with E-state index in [4.69, 9.17) is 4.74 Å². The van der Waals surface area contributed by atoms with Gasteiger partial charge in [0.1, 0.15) is 11.4 Å². The molecule has 0 unspecified atom stereocenters. The van der Waals surface area contributed by atoms with Crippen LogP contribution in [-0.2, 0) is 4.74 Å². The first-order valence-electron chi connectivity index (χ1n) is 7.96. The molecule has 0 bridgehead atoms. The van der Waals surface area contributed by atoms with E-state index < -0.39 is 11.7 Å². The van der Waals surface area contributed by atoms with Crippen LogP contribution in [0.3, 0.4) is 0 Å². The van der Waals surface area contributed by atoms with Crippen molar-refractivity contribution in [3.05, 3.63) is 58.3 Å². The number of nitrogens with zero attached hydrogens (tertiary/aromatic N) is 1. The fourth-order valence-electron chi connectivity index (χ4n) is 2.71. The number of benzene rings is 2. The third-order valence-corrected chi connectivity index (χ3v) is 4.29. The topological polar surface area (TPSA) is 31.2 Å². The van der Waals surface area contributed by atoms with Gasteiger partial charge in [0, 0.05) is 9.86 Å². The largest absolute Gasteiger partial charge is 0.443 e. The molecular weight excluding hydrogens is 385 g/mol. The summed E-state index contributed by atoms with van der Waals surface area (Å²) in [4.78, 5) is 12.8. The number of ether oxygens (including phenoxy) is 1. The molecule has 2 aromatic carbocycles. The number of hydrogen-bond acceptors (Lipinski definition) is 2. The lowest BCUT2D eigenvalue weighted by molar-refractivity contribution is 0.0547. The summed E-state index contributed by atoms with van der Waals surface area (Å²) in [6, 6.07) is 12.4. The van der Waals surface area contributed by atoms with Gasteiger partial charge in [-0.3, -0.25) is 0 Å². The highest BCUT2D eigenvalue weighted by atomic mass is 79.9. The first-order valence-corrected chi connectivity index (χ1v) is 8.76. The van der Waals surface area contributed by atoms with Gasteiger partial charge in [-0.2, -0.15) is 0 Å². The third-order valence-electron chi connectivity index (χ3n) is 3.79. The van der Waals surface area contributed by atoms with E-state index in [9.17, 15) is 9.18 Å². The maximum absolute atomic E-state index is 13.6. The molecule has 0 aliphatic rings. The van der Waals surface area contributed by atoms with Gasteiger partial charge in [-0.25, -0.2) is 13.8 Å². The van der Waals surface area contributed by atoms with Gasteiger partial charge in [-0.1, -0.05) is 15.9 Å². The van der Waals surface area contributed by atoms with Crippen LogP contribution in [0.15, 0.2) is 46.9 Å². The lowest BCUT2D eigenvalue weighted by Crippen LogP contribution is -2.27. The van der Waals surface area contributed by atoms with Crippen molar-refractivity contribution in [1.82, 2.24) is 4.57 Å². The fourth-order valence-corrected chi connectivity index (χ4v) is 3.09. The molecule has 5 heteroatoms. The normalized spacial score (nSPS) is 11.8. The number of hydrogen-bond donors (Lipinski definition) is 0. The Bertz CT molecular complexity index is 970. The SMILES string of the molecule is Cc1cc(-c2cc3cc(Br)ccc3n2C(=O)OC(C)(C)C)ccc1F. The van der Waals surface area contributed by atoms with Crippen LogP contribution in [0.5, 0.6) is 0 Å². The summed E-state index contributed by atoms with van der Waals surface area (Å²) in [6.07, 6.45) is -0.457. The minimum atomic E-state index is -0.612. The van der Waals surface area contributed by atoms with Crippen molar-refractivity contribution in [2.75, 3.05) is 0 Å². The fraction of sp³-hybridized carbons (Fsp3) is 0.250. The molecule has 0 N–H and O–H groups in total. The predicted octanol–water partition coefficient (Wildman–Crippen LogP) is 6.30. The molecule has 0 spiro atoms. The molecule has 0 radical (unpaired) electrons. The van der Waals surface area contributed by atoms with Crippen molar-refractivity contribution in [2.24, 2.45) is 0 Å². The van der Waals surface area contributed by atoms with Crippen LogP contribution < -0.4 is 0 Å². The lowest BCUT2D eigenvalue weighted by atomic mass is 10.1. The maximum Gasteiger partial charge on any atom is 0.419 e. The molecule has 1 aromatic heterocycles. The van der Waals surface area contributed by atoms with Gasteiger partial charge in [-0.15, -0.1) is 0 Å². The number of fused-ring (bicyclic) bond motifs is 1. The van der Waals surface area contributed by atoms with Gasteiger partial charge in [0.15, 0.2) is 0 Å². The molecule has 1 heterocycles. The number of carbonyl (C=O) groups excluding carboxylic acids is 1. The Morgan fingerprint density at radius 3 is 2.48 bits per heavy atom. The maximum atomic E-state index is 13.6. The first kappa shape index (κ1) is 17.7. The van der Waals surface area contributed by atoms with E-state index in [1.54, 1.807) is 23.6 Å². The van der Waals surface area contributed by atoms with Gasteiger partial charge in [0.05, 0.1) is 11.2 Å². The van der Waals surface area contributed by atoms with Gasteiger partial charge in [0.25, 0.3) is 0 Å². The Labute approximate surface area is 154 Å². The van der Waals surface area contributed by atoms with Crippen molar-refractivity contribution in [2.45, 2.75) is 33.3 Å². The second kappa shape index (κ2) is 6.30. The molecule has 3 nitrogen and oxygen atoms in total. The van der Waals surface area contributed by atoms with Gasteiger partial charge < -0.3 is 4.74 Å². The third kappa shape index (κ3) is 3.61. The van der Waals surface area contributed by atoms with Crippen LogP contribution in [-0.4, -0.2) is 16.3 Å². The summed E-state index contributed by atoms with van der Waals surface area (Å²) in [6.45, 7) is 7.19. The number of carbonyl (C=O) groups is 1. The minimum absolute atomic E-state index is 0.272. The number of aromatic nitrogens is 1. The quantitative estimate of drug-likeness (QED) is 0.477. The summed E-state index contributed by atoms with van der Waals surface area (Å²) >= 11 is 3.45. The highest BCUT2D eigenvalue weighted by molar-refractivity contribution is 9.10. The Kier molecular flexibility index (Phi) is 4.45. The minimum Gasteiger partial charge on any atom is -0.443 e. The Hall–Kier alpha value is -2.14. The van der Waals surface area contributed by atoms with Crippen LogP contribution >= 0.6 is 15.9 Å². The second-order valence-electron chi connectivity index (χ2n) is 7.01. The number of halogens is 2. The molecule has 0 amide bonds. The first-order chi connectivity index (χ1) is 11.7. The summed E-state index contributed by atoms with van der Waals surface area (Å²) in [5.41, 5.74) is 2.09. The van der Waals surface area contributed by atoms with E-state index in [2.05, 4.69) is 15.9 Å². The van der Waals surface area contributed by atoms with Gasteiger partial charge >= 0.3 is 6.09 Å². The molecule has 0 saturated heterocycles. The molecule has 0 aliphatic carbocycles. The molecule has 130 valence electrons. The average Bonchev–Trinajstić information content (AvgIpc) is 2.86. The van der Waals surface area contributed by atoms with Crippen LogP contribution in [0.2, 0.25) is 0 Å². The van der Waals surface area contributed by atoms with E-state index in [0.29, 0.717) is 11.3 Å². The number of aryl methyl sites for hydroxylation is 1. The van der Waals surface area contributed by atoms with Crippen molar-refractivity contribution in [1.29, 1.82) is 0 Å². The van der Waals surface area contributed by atoms with Crippen LogP contribution in [0.1, 0.15) is 26.3 Å². The average molecular weight is 404 g/mol. The molecule has 3 aromatic rings. The van der Waals surface area contributed by atoms with Crippen LogP contribution in [0, 0.1) is 12.7 Å². The van der Waals surface area contributed by atoms with Crippen LogP contribution in [0.25, 0.3) is 22.2 Å². The zero-order valence-corrected chi connectivity index (χ0v) is 16.1. The molecule has 0 saturated carbocycles. The van der Waals surface area contributed by atoms with E-state index in [1.807, 2.05) is 45.0 Å². The van der Waals surface area contributed by atoms with E-state index in [1.165, 1.54) is 6.07 Å². The number of rotatable bonds is 1. The Morgan fingerprint density at radius 2 is 1.84 bits per heavy atom. The standard InChI is InChI=1S/C20H19BrFNO2/c1-12-9-13(5-7-16(12)22)18-11-14-10-15(21)6-8-17(14)23(18)19(24)25-20(2,3)4/h5-11H,1-4H3. The van der Waals surface area contributed by atoms with E-state index in [-0.39, 0.29) is 5.82 Å². The summed E-state index contributed by atoms with van der Waals surface area (Å²) in [5.74, 6) is -0.272. The molecule has 25 heavy (non-hydrogen) atoms. The lowest BCUT2D eigenvalue weighted by Gasteiger charge is -2.21. The predicted molar refractivity (Wildman–Crippen MR) is 101 cm³/mol. The van der Waals surface area contributed by atoms with Gasteiger partial charge in [-0.05, 0) is 81.3 Å². The van der Waals surface area contributed by atoms with E-state index >= 15 is 0 Å².